The van der Waals surface area contributed by atoms with E-state index in [1.165, 1.54) is 11.3 Å². The molecule has 3 aromatic rings. The summed E-state index contributed by atoms with van der Waals surface area (Å²) in [5, 5.41) is 5.20. The Morgan fingerprint density at radius 3 is 2.36 bits per heavy atom. The van der Waals surface area contributed by atoms with Gasteiger partial charge in [0.25, 0.3) is 5.56 Å². The van der Waals surface area contributed by atoms with Gasteiger partial charge in [0.15, 0.2) is 0 Å². The second kappa shape index (κ2) is 10.7. The summed E-state index contributed by atoms with van der Waals surface area (Å²) in [6.45, 7) is 6.83. The van der Waals surface area contributed by atoms with Crippen molar-refractivity contribution in [2.24, 2.45) is 4.99 Å². The number of allylic oxidation sites excluding steroid dienone is 1. The van der Waals surface area contributed by atoms with E-state index in [9.17, 15) is 4.79 Å². The van der Waals surface area contributed by atoms with Crippen LogP contribution in [0.1, 0.15) is 25.3 Å². The van der Waals surface area contributed by atoms with Gasteiger partial charge in [-0.2, -0.15) is 0 Å². The summed E-state index contributed by atoms with van der Waals surface area (Å²) in [7, 11) is 2.17. The number of anilines is 2. The lowest BCUT2D eigenvalue weighted by molar-refractivity contribution is 0.313. The van der Waals surface area contributed by atoms with Crippen LogP contribution in [-0.2, 0) is 6.54 Å². The molecule has 3 heterocycles. The zero-order valence-corrected chi connectivity index (χ0v) is 21.6. The van der Waals surface area contributed by atoms with Gasteiger partial charge < -0.3 is 15.1 Å². The van der Waals surface area contributed by atoms with Crippen LogP contribution in [0.4, 0.5) is 11.4 Å². The van der Waals surface area contributed by atoms with Gasteiger partial charge in [0.1, 0.15) is 11.3 Å². The Hall–Kier alpha value is -3.35. The van der Waals surface area contributed by atoms with E-state index in [0.717, 1.165) is 61.3 Å². The van der Waals surface area contributed by atoms with Crippen molar-refractivity contribution in [3.63, 3.8) is 0 Å². The maximum atomic E-state index is 12.9. The van der Waals surface area contributed by atoms with Crippen molar-refractivity contribution < 1.29 is 0 Å². The molecule has 0 bridgehead atoms. The summed E-state index contributed by atoms with van der Waals surface area (Å²) in [5.41, 5.74) is 5.05. The van der Waals surface area contributed by atoms with E-state index in [-0.39, 0.29) is 5.56 Å². The van der Waals surface area contributed by atoms with Crippen molar-refractivity contribution in [2.45, 2.75) is 26.3 Å². The maximum absolute atomic E-state index is 12.9. The van der Waals surface area contributed by atoms with Gasteiger partial charge in [0.05, 0.1) is 6.54 Å². The Kier molecular flexibility index (Phi) is 7.25. The summed E-state index contributed by atoms with van der Waals surface area (Å²) in [4.78, 5) is 22.7. The van der Waals surface area contributed by atoms with E-state index in [2.05, 4.69) is 59.4 Å². The van der Waals surface area contributed by atoms with Crippen LogP contribution in [0.3, 0.4) is 0 Å². The highest BCUT2D eigenvalue weighted by molar-refractivity contribution is 6.30. The van der Waals surface area contributed by atoms with Crippen molar-refractivity contribution >= 4 is 29.1 Å². The number of pyridine rings is 1. The molecule has 2 aromatic carbocycles. The van der Waals surface area contributed by atoms with Crippen molar-refractivity contribution in [3.05, 3.63) is 104 Å². The molecule has 0 saturated carbocycles. The summed E-state index contributed by atoms with van der Waals surface area (Å²) in [6, 6.07) is 19.7. The van der Waals surface area contributed by atoms with Crippen LogP contribution in [-0.4, -0.2) is 42.7 Å². The molecule has 1 N–H and O–H groups in total. The summed E-state index contributed by atoms with van der Waals surface area (Å²) in [6.07, 6.45) is 3.82. The number of fused-ring (bicyclic) bond motifs is 1. The van der Waals surface area contributed by atoms with Crippen LogP contribution in [0.5, 0.6) is 0 Å². The van der Waals surface area contributed by atoms with Gasteiger partial charge in [0.2, 0.25) is 0 Å². The lowest BCUT2D eigenvalue weighted by atomic mass is 10.1. The first-order chi connectivity index (χ1) is 17.5. The fraction of sp³-hybridized carbons (Fsp3) is 0.310. The van der Waals surface area contributed by atoms with E-state index in [0.29, 0.717) is 17.1 Å². The number of benzene rings is 2. The van der Waals surface area contributed by atoms with Gasteiger partial charge in [-0.1, -0.05) is 36.7 Å². The number of halogens is 1. The first-order valence-corrected chi connectivity index (χ1v) is 12.9. The molecule has 1 fully saturated rings. The third-order valence-electron chi connectivity index (χ3n) is 6.99. The summed E-state index contributed by atoms with van der Waals surface area (Å²) >= 11 is 6.06. The zero-order valence-electron chi connectivity index (χ0n) is 20.9. The number of piperazine rings is 1. The average Bonchev–Trinajstić information content (AvgIpc) is 3.07. The molecule has 6 nitrogen and oxygen atoms in total. The molecule has 1 saturated heterocycles. The molecule has 7 heteroatoms. The van der Waals surface area contributed by atoms with E-state index in [1.807, 2.05) is 30.3 Å². The quantitative estimate of drug-likeness (QED) is 0.557. The minimum Gasteiger partial charge on any atom is -0.369 e. The first kappa shape index (κ1) is 24.3. The van der Waals surface area contributed by atoms with Crippen molar-refractivity contribution in [3.8, 4) is 0 Å². The number of likely N-dealkylation sites (N-methyl/N-ethyl adjacent to an activating group) is 1. The lowest BCUT2D eigenvalue weighted by Crippen LogP contribution is -2.44. The lowest BCUT2D eigenvalue weighted by Gasteiger charge is -2.34. The Balaban J connectivity index is 1.47. The van der Waals surface area contributed by atoms with Crippen LogP contribution >= 0.6 is 11.6 Å². The Morgan fingerprint density at radius 2 is 1.67 bits per heavy atom. The second-order valence-corrected chi connectivity index (χ2v) is 9.89. The normalized spacial score (nSPS) is 16.1. The smallest absolute Gasteiger partial charge is 0.252 e. The molecule has 0 unspecified atom stereocenters. The fourth-order valence-corrected chi connectivity index (χ4v) is 4.82. The monoisotopic (exact) mass is 501 g/mol. The standard InChI is InChI=1S/C29H32ClN5O/c1-3-22-6-7-23-8-15-27(36)35(20-21-4-9-24(30)10-5-21)29(23)32-28(22)31-25-11-13-26(14-12-25)34-18-16-33(2)17-19-34/h4-5,7-15,31H,3,6,16-20H2,1-2H3. The van der Waals surface area contributed by atoms with Gasteiger partial charge in [0, 0.05) is 53.9 Å². The maximum Gasteiger partial charge on any atom is 0.252 e. The summed E-state index contributed by atoms with van der Waals surface area (Å²) in [5.74, 6) is 0.815. The molecule has 36 heavy (non-hydrogen) atoms. The Morgan fingerprint density at radius 1 is 0.944 bits per heavy atom. The Labute approximate surface area is 216 Å². The highest BCUT2D eigenvalue weighted by atomic mass is 35.5. The van der Waals surface area contributed by atoms with Gasteiger partial charge >= 0.3 is 0 Å². The first-order valence-electron chi connectivity index (χ1n) is 12.6. The van der Waals surface area contributed by atoms with Crippen LogP contribution in [0, 0.1) is 0 Å². The van der Waals surface area contributed by atoms with Gasteiger partial charge in [-0.05, 0) is 73.5 Å². The number of nitrogens with zero attached hydrogens (tertiary/aromatic N) is 4. The van der Waals surface area contributed by atoms with Crippen LogP contribution in [0.2, 0.25) is 5.02 Å². The zero-order chi connectivity index (χ0) is 25.1. The largest absolute Gasteiger partial charge is 0.369 e. The molecule has 186 valence electrons. The molecule has 0 spiro atoms. The van der Waals surface area contributed by atoms with E-state index in [4.69, 9.17) is 16.6 Å². The van der Waals surface area contributed by atoms with E-state index < -0.39 is 0 Å². The third-order valence-corrected chi connectivity index (χ3v) is 7.24. The molecule has 0 atom stereocenters. The minimum absolute atomic E-state index is 0.0725. The van der Waals surface area contributed by atoms with E-state index in [1.54, 1.807) is 10.6 Å². The average molecular weight is 502 g/mol. The minimum atomic E-state index is -0.0725. The SMILES string of the molecule is CCC1=C(Nc2ccc(N3CCN(C)CC3)cc2)N=c2c(ccc(=O)n2Cc2ccc(Cl)cc2)=CC1. The molecule has 1 aromatic heterocycles. The highest BCUT2D eigenvalue weighted by Crippen LogP contribution is 2.23. The molecule has 0 aliphatic carbocycles. The molecular formula is C29H32ClN5O. The fourth-order valence-electron chi connectivity index (χ4n) is 4.70. The number of hydrogen-bond donors (Lipinski definition) is 1. The van der Waals surface area contributed by atoms with Crippen molar-refractivity contribution in [1.29, 1.82) is 0 Å². The molecule has 2 aliphatic rings. The number of aromatic nitrogens is 1. The molecule has 2 aliphatic heterocycles. The summed E-state index contributed by atoms with van der Waals surface area (Å²) < 4.78 is 1.74. The molecule has 0 amide bonds. The van der Waals surface area contributed by atoms with Crippen LogP contribution < -0.4 is 26.5 Å². The van der Waals surface area contributed by atoms with Gasteiger partial charge in [-0.3, -0.25) is 9.36 Å². The predicted molar refractivity (Wildman–Crippen MR) is 148 cm³/mol. The van der Waals surface area contributed by atoms with Crippen LogP contribution in [0.15, 0.2) is 81.8 Å². The third kappa shape index (κ3) is 5.40. The molecule has 0 radical (unpaired) electrons. The number of nitrogens with one attached hydrogen (secondary N) is 1. The van der Waals surface area contributed by atoms with Crippen LogP contribution in [0.25, 0.3) is 6.08 Å². The molecule has 5 rings (SSSR count). The van der Waals surface area contributed by atoms with Crippen molar-refractivity contribution in [2.75, 3.05) is 43.4 Å². The second-order valence-electron chi connectivity index (χ2n) is 9.45. The Bertz CT molecular complexity index is 1430. The predicted octanol–water partition coefficient (Wildman–Crippen LogP) is 3.84. The number of rotatable bonds is 6. The number of hydrogen-bond acceptors (Lipinski definition) is 5. The van der Waals surface area contributed by atoms with Crippen molar-refractivity contribution in [1.82, 2.24) is 9.47 Å². The molecular weight excluding hydrogens is 470 g/mol. The topological polar surface area (TPSA) is 52.9 Å². The highest BCUT2D eigenvalue weighted by Gasteiger charge is 2.15. The van der Waals surface area contributed by atoms with E-state index >= 15 is 0 Å². The van der Waals surface area contributed by atoms with Gasteiger partial charge in [-0.25, -0.2) is 4.99 Å². The van der Waals surface area contributed by atoms with Gasteiger partial charge in [-0.15, -0.1) is 0 Å².